The van der Waals surface area contributed by atoms with E-state index in [4.69, 9.17) is 5.11 Å². The number of anilines is 1. The van der Waals surface area contributed by atoms with E-state index in [0.29, 0.717) is 0 Å². The van der Waals surface area contributed by atoms with E-state index in [2.05, 4.69) is 10.4 Å². The van der Waals surface area contributed by atoms with E-state index in [1.165, 1.54) is 43.9 Å². The lowest BCUT2D eigenvalue weighted by Crippen LogP contribution is -2.35. The number of carbonyl (C=O) groups is 2. The Bertz CT molecular complexity index is 766. The van der Waals surface area contributed by atoms with Gasteiger partial charge in [0.1, 0.15) is 11.6 Å². The van der Waals surface area contributed by atoms with Crippen LogP contribution < -0.4 is 5.32 Å². The Morgan fingerprint density at radius 1 is 1.29 bits per heavy atom. The summed E-state index contributed by atoms with van der Waals surface area (Å²) >= 11 is 0. The SMILES string of the molecule is CC(C(=O)Nc1cnn(C(C)(C)C(=O)O)c1)c1c(F)cccc1F. The fourth-order valence-electron chi connectivity index (χ4n) is 2.10. The normalized spacial score (nSPS) is 12.7. The zero-order valence-corrected chi connectivity index (χ0v) is 13.4. The molecule has 2 aromatic rings. The molecule has 0 aliphatic carbocycles. The van der Waals surface area contributed by atoms with Gasteiger partial charge in [-0.3, -0.25) is 9.48 Å². The quantitative estimate of drug-likeness (QED) is 0.879. The number of amides is 1. The highest BCUT2D eigenvalue weighted by molar-refractivity contribution is 5.95. The van der Waals surface area contributed by atoms with E-state index in [1.807, 2.05) is 0 Å². The number of aliphatic carboxylic acids is 1. The van der Waals surface area contributed by atoms with Crippen molar-refractivity contribution in [2.45, 2.75) is 32.2 Å². The molecule has 8 heteroatoms. The number of carboxylic acid groups (broad SMARTS) is 1. The van der Waals surface area contributed by atoms with Gasteiger partial charge in [-0.1, -0.05) is 6.07 Å². The summed E-state index contributed by atoms with van der Waals surface area (Å²) in [7, 11) is 0. The van der Waals surface area contributed by atoms with Crippen molar-refractivity contribution >= 4 is 17.6 Å². The van der Waals surface area contributed by atoms with Gasteiger partial charge in [0.25, 0.3) is 0 Å². The van der Waals surface area contributed by atoms with Crippen molar-refractivity contribution in [2.75, 3.05) is 5.32 Å². The summed E-state index contributed by atoms with van der Waals surface area (Å²) in [6.45, 7) is 4.28. The van der Waals surface area contributed by atoms with Crippen LogP contribution >= 0.6 is 0 Å². The fraction of sp³-hybridized carbons (Fsp3) is 0.312. The summed E-state index contributed by atoms with van der Waals surface area (Å²) in [5.74, 6) is -4.40. The second-order valence-corrected chi connectivity index (χ2v) is 5.88. The van der Waals surface area contributed by atoms with Crippen LogP contribution in [0.4, 0.5) is 14.5 Å². The average Bonchev–Trinajstić information content (AvgIpc) is 2.95. The maximum Gasteiger partial charge on any atom is 0.331 e. The molecular formula is C16H17F2N3O3. The predicted octanol–water partition coefficient (Wildman–Crippen LogP) is 2.72. The standard InChI is InChI=1S/C16H17F2N3O3/c1-9(13-11(17)5-4-6-12(13)18)14(22)20-10-7-19-21(8-10)16(2,3)15(23)24/h4-9H,1-3H3,(H,20,22)(H,23,24). The molecule has 0 aliphatic rings. The van der Waals surface area contributed by atoms with Crippen molar-refractivity contribution in [1.82, 2.24) is 9.78 Å². The molecule has 0 aliphatic heterocycles. The number of hydrogen-bond donors (Lipinski definition) is 2. The number of benzene rings is 1. The van der Waals surface area contributed by atoms with Gasteiger partial charge in [-0.15, -0.1) is 0 Å². The maximum atomic E-state index is 13.7. The molecule has 2 N–H and O–H groups in total. The van der Waals surface area contributed by atoms with E-state index in [9.17, 15) is 18.4 Å². The molecule has 1 aromatic heterocycles. The molecule has 1 atom stereocenters. The minimum Gasteiger partial charge on any atom is -0.479 e. The Morgan fingerprint density at radius 3 is 2.42 bits per heavy atom. The number of carboxylic acids is 1. The molecule has 0 fully saturated rings. The first-order chi connectivity index (χ1) is 11.1. The zero-order chi connectivity index (χ0) is 18.1. The highest BCUT2D eigenvalue weighted by Gasteiger charge is 2.30. The number of nitrogens with zero attached hydrogens (tertiary/aromatic N) is 2. The van der Waals surface area contributed by atoms with Crippen molar-refractivity contribution in [1.29, 1.82) is 0 Å². The third kappa shape index (κ3) is 3.27. The van der Waals surface area contributed by atoms with Crippen LogP contribution in [0.5, 0.6) is 0 Å². The summed E-state index contributed by atoms with van der Waals surface area (Å²) < 4.78 is 28.7. The van der Waals surface area contributed by atoms with Gasteiger partial charge in [0.2, 0.25) is 5.91 Å². The van der Waals surface area contributed by atoms with Crippen molar-refractivity contribution in [2.24, 2.45) is 0 Å². The second-order valence-electron chi connectivity index (χ2n) is 5.88. The molecule has 24 heavy (non-hydrogen) atoms. The average molecular weight is 337 g/mol. The van der Waals surface area contributed by atoms with Crippen LogP contribution in [0.3, 0.4) is 0 Å². The first kappa shape index (κ1) is 17.6. The van der Waals surface area contributed by atoms with Gasteiger partial charge in [-0.25, -0.2) is 13.6 Å². The van der Waals surface area contributed by atoms with Crippen LogP contribution in [0, 0.1) is 11.6 Å². The van der Waals surface area contributed by atoms with Gasteiger partial charge < -0.3 is 10.4 Å². The molecular weight excluding hydrogens is 320 g/mol. The van der Waals surface area contributed by atoms with Crippen molar-refractivity contribution in [3.8, 4) is 0 Å². The molecule has 1 amide bonds. The lowest BCUT2D eigenvalue weighted by molar-refractivity contribution is -0.146. The van der Waals surface area contributed by atoms with Gasteiger partial charge in [-0.2, -0.15) is 5.10 Å². The van der Waals surface area contributed by atoms with Gasteiger partial charge >= 0.3 is 5.97 Å². The Morgan fingerprint density at radius 2 is 1.88 bits per heavy atom. The van der Waals surface area contributed by atoms with Gasteiger partial charge in [0.05, 0.1) is 17.8 Å². The summed E-state index contributed by atoms with van der Waals surface area (Å²) in [4.78, 5) is 23.4. The maximum absolute atomic E-state index is 13.7. The Balaban J connectivity index is 2.19. The topological polar surface area (TPSA) is 84.2 Å². The summed E-state index contributed by atoms with van der Waals surface area (Å²) in [5, 5.41) is 15.5. The first-order valence-electron chi connectivity index (χ1n) is 7.18. The number of aromatic nitrogens is 2. The van der Waals surface area contributed by atoms with Crippen molar-refractivity contribution in [3.63, 3.8) is 0 Å². The minimum atomic E-state index is -1.30. The van der Waals surface area contributed by atoms with Gasteiger partial charge in [0.15, 0.2) is 5.54 Å². The van der Waals surface area contributed by atoms with Crippen LogP contribution in [-0.2, 0) is 15.1 Å². The molecule has 1 unspecified atom stereocenters. The van der Waals surface area contributed by atoms with E-state index < -0.39 is 35.0 Å². The summed E-state index contributed by atoms with van der Waals surface area (Å²) in [5.41, 5.74) is -1.39. The predicted molar refractivity (Wildman–Crippen MR) is 82.6 cm³/mol. The van der Waals surface area contributed by atoms with Crippen molar-refractivity contribution in [3.05, 3.63) is 47.8 Å². The minimum absolute atomic E-state index is 0.234. The van der Waals surface area contributed by atoms with Crippen LogP contribution in [0.25, 0.3) is 0 Å². The second kappa shape index (κ2) is 6.38. The van der Waals surface area contributed by atoms with Crippen LogP contribution in [0.1, 0.15) is 32.3 Å². The Labute approximate surface area is 137 Å². The van der Waals surface area contributed by atoms with Crippen LogP contribution in [0.15, 0.2) is 30.6 Å². The molecule has 0 bridgehead atoms. The number of rotatable bonds is 5. The smallest absolute Gasteiger partial charge is 0.331 e. The van der Waals surface area contributed by atoms with Gasteiger partial charge in [0, 0.05) is 11.8 Å². The highest BCUT2D eigenvalue weighted by Crippen LogP contribution is 2.24. The van der Waals surface area contributed by atoms with E-state index in [0.717, 1.165) is 12.1 Å². The molecule has 6 nitrogen and oxygen atoms in total. The Kier molecular flexibility index (Phi) is 4.68. The van der Waals surface area contributed by atoms with E-state index in [1.54, 1.807) is 0 Å². The lowest BCUT2D eigenvalue weighted by Gasteiger charge is -2.19. The molecule has 1 heterocycles. The summed E-state index contributed by atoms with van der Waals surface area (Å²) in [6.07, 6.45) is 2.61. The summed E-state index contributed by atoms with van der Waals surface area (Å²) in [6, 6.07) is 3.38. The van der Waals surface area contributed by atoms with Crippen LogP contribution in [-0.4, -0.2) is 26.8 Å². The number of carbonyl (C=O) groups excluding carboxylic acids is 1. The van der Waals surface area contributed by atoms with Gasteiger partial charge in [-0.05, 0) is 32.9 Å². The third-order valence-electron chi connectivity index (χ3n) is 3.77. The number of hydrogen-bond acceptors (Lipinski definition) is 3. The molecule has 0 spiro atoms. The Hall–Kier alpha value is -2.77. The van der Waals surface area contributed by atoms with Crippen molar-refractivity contribution < 1.29 is 23.5 Å². The molecule has 0 saturated heterocycles. The lowest BCUT2D eigenvalue weighted by atomic mass is 9.99. The zero-order valence-electron chi connectivity index (χ0n) is 13.4. The number of halogens is 2. The van der Waals surface area contributed by atoms with Crippen LogP contribution in [0.2, 0.25) is 0 Å². The van der Waals surface area contributed by atoms with E-state index >= 15 is 0 Å². The molecule has 0 radical (unpaired) electrons. The molecule has 0 saturated carbocycles. The number of nitrogens with one attached hydrogen (secondary N) is 1. The monoisotopic (exact) mass is 337 g/mol. The highest BCUT2D eigenvalue weighted by atomic mass is 19.1. The first-order valence-corrected chi connectivity index (χ1v) is 7.18. The molecule has 128 valence electrons. The fourth-order valence-corrected chi connectivity index (χ4v) is 2.10. The molecule has 2 rings (SSSR count). The largest absolute Gasteiger partial charge is 0.479 e. The van der Waals surface area contributed by atoms with E-state index in [-0.39, 0.29) is 11.3 Å². The third-order valence-corrected chi connectivity index (χ3v) is 3.77. The molecule has 1 aromatic carbocycles.